The zero-order valence-electron chi connectivity index (χ0n) is 17.4. The molecule has 2 rings (SSSR count). The first-order chi connectivity index (χ1) is 13.6. The lowest BCUT2D eigenvalue weighted by molar-refractivity contribution is -0.115. The van der Waals surface area contributed by atoms with E-state index in [0.29, 0.717) is 12.1 Å². The molecule has 0 aromatic heterocycles. The molecule has 0 bridgehead atoms. The van der Waals surface area contributed by atoms with Gasteiger partial charge in [-0.2, -0.15) is 4.31 Å². The molecule has 0 spiro atoms. The Morgan fingerprint density at radius 2 is 1.72 bits per heavy atom. The summed E-state index contributed by atoms with van der Waals surface area (Å²) in [5.74, 6) is -0.609. The summed E-state index contributed by atoms with van der Waals surface area (Å²) in [4.78, 5) is 13.7. The van der Waals surface area contributed by atoms with Crippen molar-refractivity contribution in [3.8, 4) is 0 Å². The van der Waals surface area contributed by atoms with E-state index >= 15 is 0 Å². The van der Waals surface area contributed by atoms with Gasteiger partial charge in [0.15, 0.2) is 0 Å². The minimum Gasteiger partial charge on any atom is -0.377 e. The van der Waals surface area contributed by atoms with Crippen LogP contribution in [0.5, 0.6) is 0 Å². The van der Waals surface area contributed by atoms with Crippen LogP contribution in [0.4, 0.5) is 15.8 Å². The predicted octanol–water partition coefficient (Wildman–Crippen LogP) is 3.84. The fourth-order valence-electron chi connectivity index (χ4n) is 2.93. The van der Waals surface area contributed by atoms with E-state index in [-0.39, 0.29) is 23.4 Å². The number of halogens is 1. The zero-order chi connectivity index (χ0) is 21.8. The average molecular weight is 422 g/mol. The van der Waals surface area contributed by atoms with E-state index in [2.05, 4.69) is 5.32 Å². The van der Waals surface area contributed by atoms with Gasteiger partial charge in [-0.1, -0.05) is 6.92 Å². The van der Waals surface area contributed by atoms with Gasteiger partial charge in [-0.3, -0.25) is 4.79 Å². The quantitative estimate of drug-likeness (QED) is 0.703. The van der Waals surface area contributed by atoms with Crippen molar-refractivity contribution in [1.29, 1.82) is 0 Å². The molecule has 29 heavy (non-hydrogen) atoms. The van der Waals surface area contributed by atoms with Gasteiger partial charge in [-0.05, 0) is 61.9 Å². The van der Waals surface area contributed by atoms with E-state index < -0.39 is 15.8 Å². The highest BCUT2D eigenvalue weighted by molar-refractivity contribution is 7.89. The number of nitrogens with zero attached hydrogens (tertiary/aromatic N) is 2. The SMILES string of the molecule is CCC(=O)Nc1ccc(N(C)C)c(CN(C(C)C)S(=O)(=O)c2ccc(F)cc2)c1. The van der Waals surface area contributed by atoms with E-state index in [9.17, 15) is 17.6 Å². The molecule has 0 fully saturated rings. The molecular formula is C21H28FN3O3S. The van der Waals surface area contributed by atoms with Crippen LogP contribution in [0.3, 0.4) is 0 Å². The second kappa shape index (κ2) is 9.37. The molecule has 2 aromatic carbocycles. The molecule has 8 heteroatoms. The third-order valence-electron chi connectivity index (χ3n) is 4.49. The van der Waals surface area contributed by atoms with Crippen molar-refractivity contribution in [1.82, 2.24) is 4.31 Å². The molecule has 0 aliphatic rings. The van der Waals surface area contributed by atoms with Gasteiger partial charge >= 0.3 is 0 Å². The van der Waals surface area contributed by atoms with E-state index in [4.69, 9.17) is 0 Å². The van der Waals surface area contributed by atoms with Crippen LogP contribution in [0.2, 0.25) is 0 Å². The van der Waals surface area contributed by atoms with Gasteiger partial charge in [0.2, 0.25) is 15.9 Å². The van der Waals surface area contributed by atoms with Crippen molar-refractivity contribution in [3.63, 3.8) is 0 Å². The van der Waals surface area contributed by atoms with E-state index in [0.717, 1.165) is 23.4 Å². The Morgan fingerprint density at radius 1 is 1.10 bits per heavy atom. The number of benzene rings is 2. The molecular weight excluding hydrogens is 393 g/mol. The van der Waals surface area contributed by atoms with Crippen molar-refractivity contribution in [3.05, 3.63) is 53.8 Å². The minimum atomic E-state index is -3.84. The average Bonchev–Trinajstić information content (AvgIpc) is 2.65. The Balaban J connectivity index is 2.47. The Bertz CT molecular complexity index is 958. The number of anilines is 2. The van der Waals surface area contributed by atoms with Gasteiger partial charge in [-0.25, -0.2) is 12.8 Å². The van der Waals surface area contributed by atoms with Gasteiger partial charge in [0, 0.05) is 44.5 Å². The molecule has 0 heterocycles. The Labute approximate surface area is 172 Å². The lowest BCUT2D eigenvalue weighted by atomic mass is 10.1. The number of sulfonamides is 1. The molecule has 0 saturated heterocycles. The number of carbonyl (C=O) groups excluding carboxylic acids is 1. The maximum absolute atomic E-state index is 13.3. The van der Waals surface area contributed by atoms with Gasteiger partial charge in [0.05, 0.1) is 4.90 Å². The van der Waals surface area contributed by atoms with Crippen molar-refractivity contribution >= 4 is 27.3 Å². The zero-order valence-corrected chi connectivity index (χ0v) is 18.3. The summed E-state index contributed by atoms with van der Waals surface area (Å²) in [6, 6.07) is 9.92. The molecule has 0 aliphatic heterocycles. The maximum Gasteiger partial charge on any atom is 0.243 e. The molecule has 2 aromatic rings. The van der Waals surface area contributed by atoms with Gasteiger partial charge in [0.25, 0.3) is 0 Å². The summed E-state index contributed by atoms with van der Waals surface area (Å²) >= 11 is 0. The van der Waals surface area contributed by atoms with Gasteiger partial charge in [0.1, 0.15) is 5.82 Å². The largest absolute Gasteiger partial charge is 0.377 e. The van der Waals surface area contributed by atoms with Gasteiger partial charge in [-0.15, -0.1) is 0 Å². The summed E-state index contributed by atoms with van der Waals surface area (Å²) < 4.78 is 41.0. The molecule has 1 N–H and O–H groups in total. The number of hydrogen-bond donors (Lipinski definition) is 1. The monoisotopic (exact) mass is 421 g/mol. The van der Waals surface area contributed by atoms with Crippen LogP contribution < -0.4 is 10.2 Å². The highest BCUT2D eigenvalue weighted by Crippen LogP contribution is 2.28. The molecule has 0 unspecified atom stereocenters. The van der Waals surface area contributed by atoms with E-state index in [1.165, 1.54) is 16.4 Å². The molecule has 0 atom stereocenters. The number of carbonyl (C=O) groups is 1. The fraction of sp³-hybridized carbons (Fsp3) is 0.381. The molecule has 0 aliphatic carbocycles. The molecule has 0 radical (unpaired) electrons. The summed E-state index contributed by atoms with van der Waals surface area (Å²) in [7, 11) is -0.0928. The summed E-state index contributed by atoms with van der Waals surface area (Å²) in [6.45, 7) is 5.46. The number of amides is 1. The van der Waals surface area contributed by atoms with Crippen LogP contribution in [0.1, 0.15) is 32.8 Å². The predicted molar refractivity (Wildman–Crippen MR) is 114 cm³/mol. The van der Waals surface area contributed by atoms with E-state index in [1.54, 1.807) is 32.9 Å². The van der Waals surface area contributed by atoms with Crippen LogP contribution >= 0.6 is 0 Å². The second-order valence-corrected chi connectivity index (χ2v) is 9.13. The lowest BCUT2D eigenvalue weighted by Crippen LogP contribution is -2.36. The standard InChI is InChI=1S/C21H28FN3O3S/c1-6-21(26)23-18-9-12-20(24(4)5)16(13-18)14-25(15(2)3)29(27,28)19-10-7-17(22)8-11-19/h7-13,15H,6,14H2,1-5H3,(H,23,26). The van der Waals surface area contributed by atoms with Crippen molar-refractivity contribution in [2.75, 3.05) is 24.3 Å². The lowest BCUT2D eigenvalue weighted by Gasteiger charge is -2.28. The Hall–Kier alpha value is -2.45. The normalized spacial score (nSPS) is 11.7. The second-order valence-electron chi connectivity index (χ2n) is 7.24. The molecule has 0 saturated carbocycles. The highest BCUT2D eigenvalue weighted by atomic mass is 32.2. The van der Waals surface area contributed by atoms with Gasteiger partial charge < -0.3 is 10.2 Å². The number of hydrogen-bond acceptors (Lipinski definition) is 4. The third-order valence-corrected chi connectivity index (χ3v) is 6.52. The smallest absolute Gasteiger partial charge is 0.243 e. The minimum absolute atomic E-state index is 0.0365. The first-order valence-electron chi connectivity index (χ1n) is 9.43. The van der Waals surface area contributed by atoms with Crippen LogP contribution in [-0.2, 0) is 21.4 Å². The third kappa shape index (κ3) is 5.55. The van der Waals surface area contributed by atoms with Crippen LogP contribution in [-0.4, -0.2) is 38.8 Å². The van der Waals surface area contributed by atoms with Crippen molar-refractivity contribution in [2.45, 2.75) is 44.7 Å². The van der Waals surface area contributed by atoms with E-state index in [1.807, 2.05) is 25.1 Å². The Kier molecular flexibility index (Phi) is 7.37. The first kappa shape index (κ1) is 22.8. The van der Waals surface area contributed by atoms with Crippen LogP contribution in [0, 0.1) is 5.82 Å². The van der Waals surface area contributed by atoms with Crippen LogP contribution in [0.15, 0.2) is 47.4 Å². The van der Waals surface area contributed by atoms with Crippen molar-refractivity contribution in [2.24, 2.45) is 0 Å². The molecule has 6 nitrogen and oxygen atoms in total. The first-order valence-corrected chi connectivity index (χ1v) is 10.9. The molecule has 1 amide bonds. The van der Waals surface area contributed by atoms with Crippen molar-refractivity contribution < 1.29 is 17.6 Å². The fourth-order valence-corrected chi connectivity index (χ4v) is 4.55. The topological polar surface area (TPSA) is 69.7 Å². The summed E-state index contributed by atoms with van der Waals surface area (Å²) in [5.41, 5.74) is 2.21. The number of nitrogens with one attached hydrogen (secondary N) is 1. The Morgan fingerprint density at radius 3 is 2.24 bits per heavy atom. The number of rotatable bonds is 8. The summed E-state index contributed by atoms with van der Waals surface area (Å²) in [5, 5.41) is 2.81. The molecule has 158 valence electrons. The van der Waals surface area contributed by atoms with Crippen LogP contribution in [0.25, 0.3) is 0 Å². The maximum atomic E-state index is 13.3. The summed E-state index contributed by atoms with van der Waals surface area (Å²) in [6.07, 6.45) is 0.349. The highest BCUT2D eigenvalue weighted by Gasteiger charge is 2.28.